The van der Waals surface area contributed by atoms with Crippen LogP contribution in [0.1, 0.15) is 31.0 Å². The summed E-state index contributed by atoms with van der Waals surface area (Å²) in [4.78, 5) is 17.8. The highest BCUT2D eigenvalue weighted by Gasteiger charge is 2.24. The van der Waals surface area contributed by atoms with E-state index in [0.29, 0.717) is 18.3 Å². The second kappa shape index (κ2) is 6.70. The summed E-state index contributed by atoms with van der Waals surface area (Å²) in [6, 6.07) is -0.0539. The number of nitrogens with one attached hydrogen (secondary N) is 1. The van der Waals surface area contributed by atoms with Gasteiger partial charge in [0.15, 0.2) is 5.82 Å². The van der Waals surface area contributed by atoms with E-state index >= 15 is 0 Å². The standard InChI is InChI=1S/C11H18N4O2.ClH/c1-8-13-10(14-17-8)7-15(2)11(16)9-5-3-4-6-12-9;/h9,12H,3-7H2,1-2H3;1H. The quantitative estimate of drug-likeness (QED) is 0.887. The van der Waals surface area contributed by atoms with Crippen LogP contribution in [0.15, 0.2) is 4.52 Å². The number of aromatic nitrogens is 2. The smallest absolute Gasteiger partial charge is 0.239 e. The van der Waals surface area contributed by atoms with Crippen molar-refractivity contribution in [3.05, 3.63) is 11.7 Å². The maximum absolute atomic E-state index is 12.1. The van der Waals surface area contributed by atoms with Crippen molar-refractivity contribution in [1.29, 1.82) is 0 Å². The lowest BCUT2D eigenvalue weighted by atomic mass is 10.0. The second-order valence-corrected chi connectivity index (χ2v) is 4.43. The molecule has 0 aromatic carbocycles. The summed E-state index contributed by atoms with van der Waals surface area (Å²) in [7, 11) is 1.77. The number of halogens is 1. The van der Waals surface area contributed by atoms with E-state index in [4.69, 9.17) is 4.52 Å². The van der Waals surface area contributed by atoms with Crippen LogP contribution in [0.2, 0.25) is 0 Å². The Bertz CT molecular complexity index is 390. The molecule has 1 N–H and O–H groups in total. The Balaban J connectivity index is 0.00000162. The van der Waals surface area contributed by atoms with Crippen LogP contribution in [0.4, 0.5) is 0 Å². The molecule has 6 nitrogen and oxygen atoms in total. The molecule has 18 heavy (non-hydrogen) atoms. The highest BCUT2D eigenvalue weighted by Crippen LogP contribution is 2.10. The van der Waals surface area contributed by atoms with Crippen molar-refractivity contribution in [2.24, 2.45) is 0 Å². The van der Waals surface area contributed by atoms with Crippen molar-refractivity contribution in [3.63, 3.8) is 0 Å². The van der Waals surface area contributed by atoms with E-state index in [0.717, 1.165) is 25.8 Å². The molecular weight excluding hydrogens is 256 g/mol. The van der Waals surface area contributed by atoms with Gasteiger partial charge in [0.1, 0.15) is 0 Å². The molecule has 1 amide bonds. The molecule has 0 saturated carbocycles. The van der Waals surface area contributed by atoms with E-state index in [1.165, 1.54) is 0 Å². The third-order valence-corrected chi connectivity index (χ3v) is 2.93. The number of hydrogen-bond donors (Lipinski definition) is 1. The first-order valence-electron chi connectivity index (χ1n) is 5.94. The molecule has 102 valence electrons. The average Bonchev–Trinajstić information content (AvgIpc) is 2.75. The Kier molecular flexibility index (Phi) is 5.55. The van der Waals surface area contributed by atoms with Gasteiger partial charge in [0.05, 0.1) is 12.6 Å². The maximum Gasteiger partial charge on any atom is 0.239 e. The van der Waals surface area contributed by atoms with Crippen LogP contribution in [0.25, 0.3) is 0 Å². The highest BCUT2D eigenvalue weighted by atomic mass is 35.5. The number of amides is 1. The molecule has 1 aromatic rings. The first-order chi connectivity index (χ1) is 8.16. The van der Waals surface area contributed by atoms with E-state index in [-0.39, 0.29) is 24.4 Å². The van der Waals surface area contributed by atoms with E-state index in [9.17, 15) is 4.79 Å². The zero-order valence-corrected chi connectivity index (χ0v) is 11.5. The fourth-order valence-electron chi connectivity index (χ4n) is 2.02. The molecule has 0 bridgehead atoms. The Morgan fingerprint density at radius 2 is 2.33 bits per heavy atom. The number of aryl methyl sites for hydroxylation is 1. The fourth-order valence-corrected chi connectivity index (χ4v) is 2.02. The van der Waals surface area contributed by atoms with Crippen molar-refractivity contribution < 1.29 is 9.32 Å². The number of hydrogen-bond acceptors (Lipinski definition) is 5. The third-order valence-electron chi connectivity index (χ3n) is 2.93. The minimum atomic E-state index is -0.0539. The first-order valence-corrected chi connectivity index (χ1v) is 5.94. The fraction of sp³-hybridized carbons (Fsp3) is 0.727. The lowest BCUT2D eigenvalue weighted by molar-refractivity contribution is -0.133. The zero-order chi connectivity index (χ0) is 12.3. The molecule has 0 aliphatic carbocycles. The Morgan fingerprint density at radius 3 is 2.89 bits per heavy atom. The van der Waals surface area contributed by atoms with Crippen LogP contribution in [-0.2, 0) is 11.3 Å². The van der Waals surface area contributed by atoms with Gasteiger partial charge >= 0.3 is 0 Å². The molecule has 2 heterocycles. The average molecular weight is 275 g/mol. The maximum atomic E-state index is 12.1. The molecule has 1 atom stereocenters. The van der Waals surface area contributed by atoms with Crippen LogP contribution in [0.3, 0.4) is 0 Å². The minimum Gasteiger partial charge on any atom is -0.340 e. The van der Waals surface area contributed by atoms with Crippen LogP contribution >= 0.6 is 12.4 Å². The van der Waals surface area contributed by atoms with Gasteiger partial charge in [-0.25, -0.2) is 0 Å². The topological polar surface area (TPSA) is 71.3 Å². The van der Waals surface area contributed by atoms with Gasteiger partial charge in [0.2, 0.25) is 11.8 Å². The van der Waals surface area contributed by atoms with Gasteiger partial charge in [-0.15, -0.1) is 12.4 Å². The first kappa shape index (κ1) is 14.9. The predicted octanol–water partition coefficient (Wildman–Crippen LogP) is 0.900. The molecule has 7 heteroatoms. The van der Waals surface area contributed by atoms with Crippen LogP contribution in [-0.4, -0.2) is 40.6 Å². The summed E-state index contributed by atoms with van der Waals surface area (Å²) in [6.07, 6.45) is 3.17. The second-order valence-electron chi connectivity index (χ2n) is 4.43. The van der Waals surface area contributed by atoms with Gasteiger partial charge in [-0.3, -0.25) is 4.79 Å². The summed E-state index contributed by atoms with van der Waals surface area (Å²) >= 11 is 0. The molecule has 1 unspecified atom stereocenters. The number of rotatable bonds is 3. The summed E-state index contributed by atoms with van der Waals surface area (Å²) in [5.41, 5.74) is 0. The van der Waals surface area contributed by atoms with Gasteiger partial charge in [-0.2, -0.15) is 4.98 Å². The molecule has 1 fully saturated rings. The van der Waals surface area contributed by atoms with Crippen molar-refractivity contribution in [1.82, 2.24) is 20.4 Å². The van der Waals surface area contributed by atoms with E-state index < -0.39 is 0 Å². The molecule has 0 spiro atoms. The van der Waals surface area contributed by atoms with E-state index in [1.807, 2.05) is 0 Å². The summed E-state index contributed by atoms with van der Waals surface area (Å²) in [5.74, 6) is 1.18. The van der Waals surface area contributed by atoms with Crippen LogP contribution < -0.4 is 5.32 Å². The van der Waals surface area contributed by atoms with E-state index in [1.54, 1.807) is 18.9 Å². The molecule has 2 rings (SSSR count). The van der Waals surface area contributed by atoms with Gasteiger partial charge in [0.25, 0.3) is 0 Å². The Morgan fingerprint density at radius 1 is 1.56 bits per heavy atom. The van der Waals surface area contributed by atoms with Gasteiger partial charge in [-0.1, -0.05) is 11.6 Å². The van der Waals surface area contributed by atoms with Crippen molar-refractivity contribution in [2.75, 3.05) is 13.6 Å². The predicted molar refractivity (Wildman–Crippen MR) is 68.4 cm³/mol. The third kappa shape index (κ3) is 3.68. The molecular formula is C11H19ClN4O2. The number of carbonyl (C=O) groups is 1. The normalized spacial score (nSPS) is 19.1. The molecule has 1 saturated heterocycles. The minimum absolute atomic E-state index is 0. The largest absolute Gasteiger partial charge is 0.340 e. The van der Waals surface area contributed by atoms with Gasteiger partial charge < -0.3 is 14.7 Å². The van der Waals surface area contributed by atoms with Crippen LogP contribution in [0.5, 0.6) is 0 Å². The lowest BCUT2D eigenvalue weighted by Crippen LogP contribution is -2.47. The SMILES string of the molecule is Cc1nc(CN(C)C(=O)C2CCCCN2)no1.Cl. The van der Waals surface area contributed by atoms with E-state index in [2.05, 4.69) is 15.5 Å². The summed E-state index contributed by atoms with van der Waals surface area (Å²) in [5, 5.41) is 7.02. The molecule has 1 aromatic heterocycles. The Hall–Kier alpha value is -1.14. The highest BCUT2D eigenvalue weighted by molar-refractivity contribution is 5.85. The number of piperidine rings is 1. The molecule has 0 radical (unpaired) electrons. The van der Waals surface area contributed by atoms with Crippen molar-refractivity contribution in [3.8, 4) is 0 Å². The van der Waals surface area contributed by atoms with Crippen molar-refractivity contribution >= 4 is 18.3 Å². The number of nitrogens with zero attached hydrogens (tertiary/aromatic N) is 3. The van der Waals surface area contributed by atoms with Gasteiger partial charge in [-0.05, 0) is 19.4 Å². The molecule has 1 aliphatic rings. The number of carbonyl (C=O) groups excluding carboxylic acids is 1. The molecule has 1 aliphatic heterocycles. The summed E-state index contributed by atoms with van der Waals surface area (Å²) < 4.78 is 4.88. The lowest BCUT2D eigenvalue weighted by Gasteiger charge is -2.26. The summed E-state index contributed by atoms with van der Waals surface area (Å²) in [6.45, 7) is 3.06. The number of likely N-dealkylation sites (N-methyl/N-ethyl adjacent to an activating group) is 1. The van der Waals surface area contributed by atoms with Gasteiger partial charge in [0, 0.05) is 14.0 Å². The zero-order valence-electron chi connectivity index (χ0n) is 10.7. The monoisotopic (exact) mass is 274 g/mol. The van der Waals surface area contributed by atoms with Crippen molar-refractivity contribution in [2.45, 2.75) is 38.8 Å². The Labute approximate surface area is 113 Å². The van der Waals surface area contributed by atoms with Crippen LogP contribution in [0, 0.1) is 6.92 Å².